The summed E-state index contributed by atoms with van der Waals surface area (Å²) in [7, 11) is 0. The van der Waals surface area contributed by atoms with Crippen molar-refractivity contribution in [2.45, 2.75) is 48.2 Å². The predicted molar refractivity (Wildman–Crippen MR) is 136 cm³/mol. The molecule has 0 spiro atoms. The smallest absolute Gasteiger partial charge is 0.324 e. The number of benzene rings is 2. The van der Waals surface area contributed by atoms with Crippen LogP contribution in [-0.2, 0) is 17.5 Å². The minimum Gasteiger partial charge on any atom is -0.324 e. The van der Waals surface area contributed by atoms with Crippen molar-refractivity contribution in [3.63, 3.8) is 0 Å². The minimum absolute atomic E-state index is 0.0479. The molecule has 1 aromatic heterocycles. The van der Waals surface area contributed by atoms with Crippen LogP contribution in [0.3, 0.4) is 0 Å². The van der Waals surface area contributed by atoms with Crippen LogP contribution >= 0.6 is 34.7 Å². The molecule has 2 heterocycles. The van der Waals surface area contributed by atoms with Gasteiger partial charge in [0.1, 0.15) is 6.54 Å². The second-order valence-corrected chi connectivity index (χ2v) is 12.3. The second-order valence-electron chi connectivity index (χ2n) is 9.74. The van der Waals surface area contributed by atoms with Gasteiger partial charge in [-0.2, -0.15) is 13.2 Å². The van der Waals surface area contributed by atoms with E-state index < -0.39 is 17.6 Å². The van der Waals surface area contributed by atoms with Gasteiger partial charge in [0.15, 0.2) is 0 Å². The molecule has 3 aliphatic rings. The third kappa shape index (κ3) is 4.09. The van der Waals surface area contributed by atoms with Gasteiger partial charge in [0.25, 0.3) is 0 Å². The van der Waals surface area contributed by atoms with Crippen molar-refractivity contribution in [1.29, 1.82) is 0 Å². The summed E-state index contributed by atoms with van der Waals surface area (Å²) in [6, 6.07) is 12.6. The number of halogens is 4. The molecule has 2 fully saturated rings. The largest absolute Gasteiger partial charge is 0.418 e. The highest BCUT2D eigenvalue weighted by Crippen LogP contribution is 2.64. The van der Waals surface area contributed by atoms with Gasteiger partial charge in [0.2, 0.25) is 5.91 Å². The maximum atomic E-state index is 13.4. The Morgan fingerprint density at radius 1 is 1.08 bits per heavy atom. The van der Waals surface area contributed by atoms with Gasteiger partial charge in [-0.15, -0.1) is 11.8 Å². The van der Waals surface area contributed by atoms with Crippen LogP contribution in [0.2, 0.25) is 5.02 Å². The Balaban J connectivity index is 1.35. The van der Waals surface area contributed by atoms with Crippen LogP contribution in [0.4, 0.5) is 18.9 Å². The summed E-state index contributed by atoms with van der Waals surface area (Å²) in [6.45, 7) is -0.331. The Labute approximate surface area is 218 Å². The molecule has 5 atom stereocenters. The SMILES string of the molecule is O=C(Cn1c2c(sc1=O)[C@H](c1ccc(Cl)cc1)[C@H]1[C@H]3CC[C@@H](C3)[C@H]1S2)Nc1ccccc1C(F)(F)F. The molecule has 0 saturated heterocycles. The highest BCUT2D eigenvalue weighted by molar-refractivity contribution is 8.00. The summed E-state index contributed by atoms with van der Waals surface area (Å²) in [4.78, 5) is 26.7. The van der Waals surface area contributed by atoms with E-state index in [0.717, 1.165) is 32.9 Å². The molecule has 1 aliphatic heterocycles. The van der Waals surface area contributed by atoms with E-state index in [1.807, 2.05) is 24.3 Å². The maximum Gasteiger partial charge on any atom is 0.418 e. The van der Waals surface area contributed by atoms with Gasteiger partial charge >= 0.3 is 11.0 Å². The third-order valence-electron chi connectivity index (χ3n) is 7.73. The van der Waals surface area contributed by atoms with Crippen molar-refractivity contribution >= 4 is 46.3 Å². The van der Waals surface area contributed by atoms with Crippen LogP contribution in [0.5, 0.6) is 0 Å². The van der Waals surface area contributed by atoms with Crippen molar-refractivity contribution in [2.24, 2.45) is 17.8 Å². The van der Waals surface area contributed by atoms with Gasteiger partial charge in [-0.25, -0.2) is 0 Å². The van der Waals surface area contributed by atoms with E-state index in [9.17, 15) is 22.8 Å². The highest BCUT2D eigenvalue weighted by atomic mass is 35.5. The number of nitrogens with one attached hydrogen (secondary N) is 1. The van der Waals surface area contributed by atoms with E-state index >= 15 is 0 Å². The quantitative estimate of drug-likeness (QED) is 0.385. The zero-order chi connectivity index (χ0) is 25.2. The molecule has 2 aromatic carbocycles. The number of fused-ring (bicyclic) bond motifs is 6. The predicted octanol–water partition coefficient (Wildman–Crippen LogP) is 6.87. The summed E-state index contributed by atoms with van der Waals surface area (Å²) in [5.41, 5.74) is -0.118. The molecular weight excluding hydrogens is 529 g/mol. The number of hydrogen-bond donors (Lipinski definition) is 1. The lowest BCUT2D eigenvalue weighted by molar-refractivity contribution is -0.137. The van der Waals surface area contributed by atoms with E-state index in [2.05, 4.69) is 5.32 Å². The molecule has 1 N–H and O–H groups in total. The molecule has 1 amide bonds. The summed E-state index contributed by atoms with van der Waals surface area (Å²) in [5, 5.41) is 4.15. The number of thioether (sulfide) groups is 1. The van der Waals surface area contributed by atoms with Crippen molar-refractivity contribution < 1.29 is 18.0 Å². The fourth-order valence-electron chi connectivity index (χ4n) is 6.30. The first-order valence-corrected chi connectivity index (χ1v) is 13.9. The summed E-state index contributed by atoms with van der Waals surface area (Å²) >= 11 is 8.98. The first kappa shape index (κ1) is 24.1. The lowest BCUT2D eigenvalue weighted by Crippen LogP contribution is -2.34. The number of alkyl halides is 3. The monoisotopic (exact) mass is 550 g/mol. The lowest BCUT2D eigenvalue weighted by Gasteiger charge is -2.40. The number of rotatable bonds is 4. The number of anilines is 1. The number of amides is 1. The molecular formula is C26H22ClF3N2O2S2. The van der Waals surface area contributed by atoms with Gasteiger partial charge in [0.05, 0.1) is 16.3 Å². The molecule has 10 heteroatoms. The lowest BCUT2D eigenvalue weighted by atomic mass is 9.75. The van der Waals surface area contributed by atoms with Crippen molar-refractivity contribution in [3.05, 3.63) is 79.2 Å². The number of para-hydroxylation sites is 1. The van der Waals surface area contributed by atoms with Crippen LogP contribution in [0.1, 0.15) is 41.2 Å². The number of thiazole rings is 1. The Hall–Kier alpha value is -2.23. The average molecular weight is 551 g/mol. The van der Waals surface area contributed by atoms with Gasteiger partial charge in [-0.3, -0.25) is 14.2 Å². The normalized spacial score (nSPS) is 26.5. The molecule has 2 bridgehead atoms. The van der Waals surface area contributed by atoms with Crippen LogP contribution in [0, 0.1) is 17.8 Å². The Bertz CT molecular complexity index is 1390. The van der Waals surface area contributed by atoms with E-state index in [1.165, 1.54) is 42.0 Å². The van der Waals surface area contributed by atoms with E-state index in [4.69, 9.17) is 11.6 Å². The molecule has 188 valence electrons. The number of nitrogens with zero attached hydrogens (tertiary/aromatic N) is 1. The van der Waals surface area contributed by atoms with Crippen molar-refractivity contribution in [3.8, 4) is 0 Å². The molecule has 2 saturated carbocycles. The van der Waals surface area contributed by atoms with Crippen molar-refractivity contribution in [2.75, 3.05) is 5.32 Å². The number of aromatic nitrogens is 1. The number of carbonyl (C=O) groups excluding carboxylic acids is 1. The second kappa shape index (κ2) is 8.96. The molecule has 0 radical (unpaired) electrons. The zero-order valence-electron chi connectivity index (χ0n) is 18.9. The van der Waals surface area contributed by atoms with Crippen LogP contribution in [-0.4, -0.2) is 15.7 Å². The summed E-state index contributed by atoms with van der Waals surface area (Å²) in [6.07, 6.45) is -1.05. The highest BCUT2D eigenvalue weighted by Gasteiger charge is 2.55. The van der Waals surface area contributed by atoms with Crippen LogP contribution < -0.4 is 10.2 Å². The third-order valence-corrected chi connectivity index (χ3v) is 10.8. The number of hydrogen-bond acceptors (Lipinski definition) is 4. The van der Waals surface area contributed by atoms with Gasteiger partial charge in [-0.05, 0) is 66.8 Å². The van der Waals surface area contributed by atoms with E-state index in [0.29, 0.717) is 28.0 Å². The summed E-state index contributed by atoms with van der Waals surface area (Å²) in [5.74, 6) is 0.986. The van der Waals surface area contributed by atoms with Gasteiger partial charge in [0, 0.05) is 21.1 Å². The topological polar surface area (TPSA) is 51.1 Å². The molecule has 36 heavy (non-hydrogen) atoms. The fourth-order valence-corrected chi connectivity index (χ4v) is 9.58. The first-order chi connectivity index (χ1) is 17.2. The molecule has 3 aromatic rings. The zero-order valence-corrected chi connectivity index (χ0v) is 21.3. The van der Waals surface area contributed by atoms with E-state index in [-0.39, 0.29) is 23.0 Å². The summed E-state index contributed by atoms with van der Waals surface area (Å²) < 4.78 is 41.6. The van der Waals surface area contributed by atoms with Gasteiger partial charge < -0.3 is 5.32 Å². The fraction of sp³-hybridized carbons (Fsp3) is 0.385. The van der Waals surface area contributed by atoms with E-state index in [1.54, 1.807) is 11.8 Å². The Kier molecular flexibility index (Phi) is 6.00. The Morgan fingerprint density at radius 2 is 1.81 bits per heavy atom. The molecule has 2 aliphatic carbocycles. The average Bonchev–Trinajstić information content (AvgIpc) is 3.52. The van der Waals surface area contributed by atoms with Crippen molar-refractivity contribution in [1.82, 2.24) is 4.57 Å². The number of carbonyl (C=O) groups is 1. The molecule has 4 nitrogen and oxygen atoms in total. The maximum absolute atomic E-state index is 13.4. The Morgan fingerprint density at radius 3 is 2.56 bits per heavy atom. The van der Waals surface area contributed by atoms with Crippen LogP contribution in [0.15, 0.2) is 58.4 Å². The first-order valence-electron chi connectivity index (χ1n) is 11.8. The minimum atomic E-state index is -4.60. The standard InChI is InChI=1S/C26H22ClF3N2O2S2/c27-16-9-7-13(8-10-16)20-21-14-5-6-15(11-14)22(21)35-24-23(20)36-25(34)32(24)12-19(33)31-18-4-2-1-3-17(18)26(28,29)30/h1-4,7-10,14-15,20-22H,5-6,11-12H2,(H,31,33)/t14-,15-,20+,21+,22+/m0/s1. The van der Waals surface area contributed by atoms with Gasteiger partial charge in [-0.1, -0.05) is 47.2 Å². The molecule has 0 unspecified atom stereocenters. The van der Waals surface area contributed by atoms with Crippen LogP contribution in [0.25, 0.3) is 0 Å². The molecule has 6 rings (SSSR count).